The second-order valence-corrected chi connectivity index (χ2v) is 4.45. The Bertz CT molecular complexity index is 382. The van der Waals surface area contributed by atoms with Gasteiger partial charge >= 0.3 is 5.97 Å². The summed E-state index contributed by atoms with van der Waals surface area (Å²) in [6.07, 6.45) is 0.801. The molecule has 1 aromatic rings. The number of hydrogen-bond acceptors (Lipinski definition) is 3. The minimum absolute atomic E-state index is 0.0498. The number of aryl methyl sites for hydroxylation is 1. The molecule has 4 heteroatoms. The van der Waals surface area contributed by atoms with Crippen LogP contribution in [0, 0.1) is 12.8 Å². The first-order valence-electron chi connectivity index (χ1n) is 5.80. The summed E-state index contributed by atoms with van der Waals surface area (Å²) < 4.78 is 5.24. The number of carbonyl (C=O) groups is 1. The summed E-state index contributed by atoms with van der Waals surface area (Å²) in [5.74, 6) is -0.769. The summed E-state index contributed by atoms with van der Waals surface area (Å²) in [6.45, 7) is 3.18. The Morgan fingerprint density at radius 1 is 1.47 bits per heavy atom. The zero-order valence-electron chi connectivity index (χ0n) is 9.85. The lowest BCUT2D eigenvalue weighted by atomic mass is 9.99. The van der Waals surface area contributed by atoms with Crippen molar-refractivity contribution in [2.75, 3.05) is 18.5 Å². The first-order valence-corrected chi connectivity index (χ1v) is 5.80. The van der Waals surface area contributed by atoms with E-state index in [1.165, 1.54) is 0 Å². The van der Waals surface area contributed by atoms with Gasteiger partial charge in [-0.2, -0.15) is 0 Å². The molecule has 0 aromatic heterocycles. The zero-order chi connectivity index (χ0) is 12.3. The third-order valence-electron chi connectivity index (χ3n) is 3.08. The molecule has 0 aliphatic carbocycles. The number of anilines is 1. The second kappa shape index (κ2) is 5.19. The average Bonchev–Trinajstić information content (AvgIpc) is 2.81. The van der Waals surface area contributed by atoms with Gasteiger partial charge in [0.05, 0.1) is 6.61 Å². The van der Waals surface area contributed by atoms with Crippen LogP contribution in [0.1, 0.15) is 12.0 Å². The van der Waals surface area contributed by atoms with Crippen LogP contribution in [0.4, 0.5) is 5.69 Å². The van der Waals surface area contributed by atoms with Crippen molar-refractivity contribution < 1.29 is 14.6 Å². The highest BCUT2D eigenvalue weighted by atomic mass is 16.5. The summed E-state index contributed by atoms with van der Waals surface area (Å²) >= 11 is 0. The predicted molar refractivity (Wildman–Crippen MR) is 65.2 cm³/mol. The molecule has 0 spiro atoms. The van der Waals surface area contributed by atoms with Crippen molar-refractivity contribution in [2.45, 2.75) is 19.4 Å². The van der Waals surface area contributed by atoms with Crippen LogP contribution in [0.2, 0.25) is 0 Å². The quantitative estimate of drug-likeness (QED) is 0.836. The molecule has 0 saturated carbocycles. The highest BCUT2D eigenvalue weighted by Crippen LogP contribution is 2.21. The van der Waals surface area contributed by atoms with E-state index in [0.29, 0.717) is 13.2 Å². The van der Waals surface area contributed by atoms with Crippen LogP contribution in [0.5, 0.6) is 0 Å². The van der Waals surface area contributed by atoms with Gasteiger partial charge in [-0.1, -0.05) is 17.7 Å². The van der Waals surface area contributed by atoms with Crippen LogP contribution in [0.15, 0.2) is 24.3 Å². The zero-order valence-corrected chi connectivity index (χ0v) is 9.85. The second-order valence-electron chi connectivity index (χ2n) is 4.45. The maximum atomic E-state index is 11.2. The lowest BCUT2D eigenvalue weighted by molar-refractivity contribution is -0.139. The number of carboxylic acids is 1. The number of aliphatic carboxylic acids is 1. The molecule has 17 heavy (non-hydrogen) atoms. The summed E-state index contributed by atoms with van der Waals surface area (Å²) in [4.78, 5) is 11.2. The molecule has 92 valence electrons. The fourth-order valence-electron chi connectivity index (χ4n) is 2.03. The molecule has 4 nitrogen and oxygen atoms in total. The molecule has 0 bridgehead atoms. The van der Waals surface area contributed by atoms with Gasteiger partial charge in [0.25, 0.3) is 0 Å². The van der Waals surface area contributed by atoms with Gasteiger partial charge in [0.15, 0.2) is 0 Å². The first kappa shape index (κ1) is 11.9. The molecule has 1 saturated heterocycles. The molecule has 1 fully saturated rings. The number of rotatable bonds is 4. The third-order valence-corrected chi connectivity index (χ3v) is 3.08. The van der Waals surface area contributed by atoms with Crippen molar-refractivity contribution in [3.05, 3.63) is 29.8 Å². The summed E-state index contributed by atoms with van der Waals surface area (Å²) in [5.41, 5.74) is 2.00. The minimum atomic E-state index is -0.818. The van der Waals surface area contributed by atoms with E-state index < -0.39 is 12.0 Å². The van der Waals surface area contributed by atoms with E-state index in [2.05, 4.69) is 5.32 Å². The topological polar surface area (TPSA) is 58.6 Å². The van der Waals surface area contributed by atoms with E-state index in [1.54, 1.807) is 0 Å². The normalized spacial score (nSPS) is 21.1. The molecule has 0 radical (unpaired) electrons. The van der Waals surface area contributed by atoms with E-state index >= 15 is 0 Å². The molecule has 2 rings (SSSR count). The predicted octanol–water partition coefficient (Wildman–Crippen LogP) is 1.90. The van der Waals surface area contributed by atoms with Crippen molar-refractivity contribution in [3.8, 4) is 0 Å². The third kappa shape index (κ3) is 2.97. The van der Waals surface area contributed by atoms with Crippen molar-refractivity contribution in [3.63, 3.8) is 0 Å². The van der Waals surface area contributed by atoms with E-state index in [1.807, 2.05) is 31.2 Å². The van der Waals surface area contributed by atoms with Gasteiger partial charge in [-0.15, -0.1) is 0 Å². The summed E-state index contributed by atoms with van der Waals surface area (Å²) in [5, 5.41) is 12.3. The number of benzene rings is 1. The Kier molecular flexibility index (Phi) is 3.64. The van der Waals surface area contributed by atoms with Crippen LogP contribution in [0.3, 0.4) is 0 Å². The van der Waals surface area contributed by atoms with Crippen LogP contribution in [0.25, 0.3) is 0 Å². The number of nitrogens with one attached hydrogen (secondary N) is 1. The Morgan fingerprint density at radius 3 is 2.71 bits per heavy atom. The van der Waals surface area contributed by atoms with Crippen molar-refractivity contribution in [1.82, 2.24) is 0 Å². The molecule has 1 aliphatic heterocycles. The Morgan fingerprint density at radius 2 is 2.18 bits per heavy atom. The smallest absolute Gasteiger partial charge is 0.326 e. The number of carboxylic acid groups (broad SMARTS) is 1. The maximum absolute atomic E-state index is 11.2. The van der Waals surface area contributed by atoms with Crippen LogP contribution in [-0.2, 0) is 9.53 Å². The highest BCUT2D eigenvalue weighted by molar-refractivity contribution is 5.77. The standard InChI is InChI=1S/C13H17NO3/c1-9-2-4-11(5-3-9)14-12(13(15)16)10-6-7-17-8-10/h2-5,10,12,14H,6-8H2,1H3,(H,15,16). The van der Waals surface area contributed by atoms with Crippen LogP contribution < -0.4 is 5.32 Å². The van der Waals surface area contributed by atoms with E-state index in [0.717, 1.165) is 17.7 Å². The largest absolute Gasteiger partial charge is 0.480 e. The molecule has 2 N–H and O–H groups in total. The molecule has 0 amide bonds. The number of ether oxygens (including phenoxy) is 1. The van der Waals surface area contributed by atoms with E-state index in [-0.39, 0.29) is 5.92 Å². The van der Waals surface area contributed by atoms with E-state index in [9.17, 15) is 9.90 Å². The lowest BCUT2D eigenvalue weighted by Crippen LogP contribution is -2.37. The van der Waals surface area contributed by atoms with Crippen LogP contribution >= 0.6 is 0 Å². The Hall–Kier alpha value is -1.55. The van der Waals surface area contributed by atoms with E-state index in [4.69, 9.17) is 4.74 Å². The van der Waals surface area contributed by atoms with Crippen molar-refractivity contribution in [1.29, 1.82) is 0 Å². The van der Waals surface area contributed by atoms with Crippen LogP contribution in [-0.4, -0.2) is 30.3 Å². The van der Waals surface area contributed by atoms with Crippen molar-refractivity contribution in [2.24, 2.45) is 5.92 Å². The molecule has 1 aliphatic rings. The van der Waals surface area contributed by atoms with Gasteiger partial charge in [0, 0.05) is 18.2 Å². The monoisotopic (exact) mass is 235 g/mol. The Balaban J connectivity index is 2.06. The van der Waals surface area contributed by atoms with Gasteiger partial charge in [0.2, 0.25) is 0 Å². The molecular formula is C13H17NO3. The molecule has 1 heterocycles. The SMILES string of the molecule is Cc1ccc(NC(C(=O)O)C2CCOC2)cc1. The summed E-state index contributed by atoms with van der Waals surface area (Å²) in [7, 11) is 0. The molecule has 2 atom stereocenters. The molecular weight excluding hydrogens is 218 g/mol. The van der Waals surface area contributed by atoms with Crippen molar-refractivity contribution >= 4 is 11.7 Å². The minimum Gasteiger partial charge on any atom is -0.480 e. The molecule has 1 aromatic carbocycles. The van der Waals surface area contributed by atoms with Gasteiger partial charge < -0.3 is 15.2 Å². The maximum Gasteiger partial charge on any atom is 0.326 e. The fourth-order valence-corrected chi connectivity index (χ4v) is 2.03. The van der Waals surface area contributed by atoms with Gasteiger partial charge in [0.1, 0.15) is 6.04 Å². The Labute approximate surface area is 101 Å². The average molecular weight is 235 g/mol. The lowest BCUT2D eigenvalue weighted by Gasteiger charge is -2.20. The highest BCUT2D eigenvalue weighted by Gasteiger charge is 2.31. The summed E-state index contributed by atoms with van der Waals surface area (Å²) in [6, 6.07) is 7.17. The number of hydrogen-bond donors (Lipinski definition) is 2. The molecule has 2 unspecified atom stereocenters. The van der Waals surface area contributed by atoms with Gasteiger partial charge in [-0.25, -0.2) is 4.79 Å². The first-order chi connectivity index (χ1) is 8.16. The van der Waals surface area contributed by atoms with Gasteiger partial charge in [-0.05, 0) is 25.5 Å². The van der Waals surface area contributed by atoms with Gasteiger partial charge in [-0.3, -0.25) is 0 Å². The fraction of sp³-hybridized carbons (Fsp3) is 0.462.